The number of hydrogen-bond donors (Lipinski definition) is 1. The van der Waals surface area contributed by atoms with Crippen LogP contribution in [0.15, 0.2) is 11.2 Å². The molecule has 1 aromatic heterocycles. The highest BCUT2D eigenvalue weighted by atomic mass is 32.2. The second-order valence-electron chi connectivity index (χ2n) is 5.61. The molecule has 2 heterocycles. The lowest BCUT2D eigenvalue weighted by Crippen LogP contribution is -2.49. The Kier molecular flexibility index (Phi) is 4.51. The number of rotatable bonds is 4. The number of nitrogens with two attached hydrogens (primary N) is 1. The monoisotopic (exact) mass is 300 g/mol. The number of aromatic nitrogens is 2. The molecule has 0 aromatic carbocycles. The first-order chi connectivity index (χ1) is 9.36. The van der Waals surface area contributed by atoms with Crippen molar-refractivity contribution in [2.24, 2.45) is 11.7 Å². The van der Waals surface area contributed by atoms with Crippen LogP contribution >= 0.6 is 0 Å². The summed E-state index contributed by atoms with van der Waals surface area (Å²) in [5, 5.41) is 0.144. The Morgan fingerprint density at radius 3 is 2.80 bits per heavy atom. The minimum Gasteiger partial charge on any atom is -0.334 e. The molecule has 6 nitrogen and oxygen atoms in total. The zero-order valence-corrected chi connectivity index (χ0v) is 13.2. The molecule has 0 amide bonds. The van der Waals surface area contributed by atoms with Crippen LogP contribution in [-0.2, 0) is 16.6 Å². The largest absolute Gasteiger partial charge is 0.334 e. The van der Waals surface area contributed by atoms with Gasteiger partial charge >= 0.3 is 0 Å². The first-order valence-electron chi connectivity index (χ1n) is 7.15. The van der Waals surface area contributed by atoms with E-state index in [2.05, 4.69) is 18.8 Å². The Balaban J connectivity index is 2.24. The van der Waals surface area contributed by atoms with Crippen LogP contribution in [0.4, 0.5) is 0 Å². The summed E-state index contributed by atoms with van der Waals surface area (Å²) in [6.45, 7) is 7.64. The zero-order valence-electron chi connectivity index (χ0n) is 12.4. The van der Waals surface area contributed by atoms with E-state index in [0.717, 1.165) is 25.2 Å². The van der Waals surface area contributed by atoms with Gasteiger partial charge in [-0.25, -0.2) is 13.4 Å². The Morgan fingerprint density at radius 1 is 1.50 bits per heavy atom. The van der Waals surface area contributed by atoms with Gasteiger partial charge in [-0.15, -0.1) is 0 Å². The minimum absolute atomic E-state index is 0.0997. The average Bonchev–Trinajstić information content (AvgIpc) is 2.75. The maximum Gasteiger partial charge on any atom is 0.262 e. The van der Waals surface area contributed by atoms with Gasteiger partial charge in [-0.1, -0.05) is 13.8 Å². The van der Waals surface area contributed by atoms with E-state index in [0.29, 0.717) is 19.0 Å². The summed E-state index contributed by atoms with van der Waals surface area (Å²) >= 11 is 0. The fourth-order valence-electron chi connectivity index (χ4n) is 2.49. The molecule has 1 fully saturated rings. The van der Waals surface area contributed by atoms with Crippen molar-refractivity contribution >= 4 is 10.0 Å². The molecule has 114 valence electrons. The third kappa shape index (κ3) is 2.89. The van der Waals surface area contributed by atoms with Crippen molar-refractivity contribution in [3.05, 3.63) is 12.0 Å². The molecule has 20 heavy (non-hydrogen) atoms. The third-order valence-corrected chi connectivity index (χ3v) is 5.74. The Labute approximate surface area is 121 Å². The molecule has 0 radical (unpaired) electrons. The molecule has 2 rings (SSSR count). The minimum atomic E-state index is -3.52. The molecule has 2 atom stereocenters. The van der Waals surface area contributed by atoms with Crippen LogP contribution in [0, 0.1) is 12.8 Å². The van der Waals surface area contributed by atoms with Gasteiger partial charge in [-0.3, -0.25) is 0 Å². The van der Waals surface area contributed by atoms with E-state index in [9.17, 15) is 8.42 Å². The lowest BCUT2D eigenvalue weighted by Gasteiger charge is -2.33. The van der Waals surface area contributed by atoms with Crippen LogP contribution in [-0.4, -0.2) is 41.4 Å². The molecule has 1 aliphatic rings. The zero-order chi connectivity index (χ0) is 14.9. The predicted octanol–water partition coefficient (Wildman–Crippen LogP) is 0.959. The summed E-state index contributed by atoms with van der Waals surface area (Å²) in [7, 11) is -3.52. The molecule has 0 spiro atoms. The molecule has 0 aliphatic carbocycles. The summed E-state index contributed by atoms with van der Waals surface area (Å²) in [5.41, 5.74) is 5.99. The maximum atomic E-state index is 12.6. The number of nitrogens with zero attached hydrogens (tertiary/aromatic N) is 3. The molecule has 1 saturated heterocycles. The standard InChI is InChI=1S/C13H24N4O2S/c1-4-6-16-9-13(15-11(16)3)20(18,19)17-7-5-10(2)12(14)8-17/h9-10,12H,4-8,14H2,1-3H3. The van der Waals surface area contributed by atoms with E-state index in [1.165, 1.54) is 4.31 Å². The molecular formula is C13H24N4O2S. The van der Waals surface area contributed by atoms with Crippen molar-refractivity contribution in [1.29, 1.82) is 0 Å². The quantitative estimate of drug-likeness (QED) is 0.898. The summed E-state index contributed by atoms with van der Waals surface area (Å²) in [4.78, 5) is 4.21. The Bertz CT molecular complexity index is 567. The molecule has 0 bridgehead atoms. The molecule has 2 unspecified atom stereocenters. The molecular weight excluding hydrogens is 276 g/mol. The number of aryl methyl sites for hydroxylation is 2. The third-order valence-electron chi connectivity index (χ3n) is 4.00. The van der Waals surface area contributed by atoms with Crippen molar-refractivity contribution in [2.45, 2.75) is 51.2 Å². The smallest absolute Gasteiger partial charge is 0.262 e. The highest BCUT2D eigenvalue weighted by Gasteiger charge is 2.33. The van der Waals surface area contributed by atoms with Crippen molar-refractivity contribution in [3.63, 3.8) is 0 Å². The van der Waals surface area contributed by atoms with Gasteiger partial charge in [0, 0.05) is 31.9 Å². The van der Waals surface area contributed by atoms with Gasteiger partial charge in [-0.2, -0.15) is 4.31 Å². The Morgan fingerprint density at radius 2 is 2.20 bits per heavy atom. The van der Waals surface area contributed by atoms with Gasteiger partial charge in [-0.05, 0) is 25.7 Å². The molecule has 2 N–H and O–H groups in total. The lowest BCUT2D eigenvalue weighted by molar-refractivity contribution is 0.252. The highest BCUT2D eigenvalue weighted by Crippen LogP contribution is 2.22. The van der Waals surface area contributed by atoms with Crippen LogP contribution in [0.5, 0.6) is 0 Å². The van der Waals surface area contributed by atoms with Gasteiger partial charge in [0.05, 0.1) is 0 Å². The molecule has 0 saturated carbocycles. The number of sulfonamides is 1. The van der Waals surface area contributed by atoms with Gasteiger partial charge < -0.3 is 10.3 Å². The first-order valence-corrected chi connectivity index (χ1v) is 8.59. The summed E-state index contributed by atoms with van der Waals surface area (Å²) < 4.78 is 28.6. The first kappa shape index (κ1) is 15.5. The second kappa shape index (κ2) is 5.83. The number of imidazole rings is 1. The Hall–Kier alpha value is -0.920. The fourth-order valence-corrected chi connectivity index (χ4v) is 3.98. The van der Waals surface area contributed by atoms with Crippen LogP contribution in [0.3, 0.4) is 0 Å². The van der Waals surface area contributed by atoms with Crippen molar-refractivity contribution < 1.29 is 8.42 Å². The number of hydrogen-bond acceptors (Lipinski definition) is 4. The van der Waals surface area contributed by atoms with Crippen LogP contribution in [0.25, 0.3) is 0 Å². The maximum absolute atomic E-state index is 12.6. The van der Waals surface area contributed by atoms with Gasteiger partial charge in [0.2, 0.25) is 0 Å². The highest BCUT2D eigenvalue weighted by molar-refractivity contribution is 7.89. The number of piperidine rings is 1. The van der Waals surface area contributed by atoms with Crippen LogP contribution in [0.2, 0.25) is 0 Å². The van der Waals surface area contributed by atoms with E-state index in [4.69, 9.17) is 5.73 Å². The van der Waals surface area contributed by atoms with Gasteiger partial charge in [0.1, 0.15) is 5.82 Å². The fraction of sp³-hybridized carbons (Fsp3) is 0.769. The van der Waals surface area contributed by atoms with E-state index >= 15 is 0 Å². The van der Waals surface area contributed by atoms with Gasteiger partial charge in [0.15, 0.2) is 5.03 Å². The summed E-state index contributed by atoms with van der Waals surface area (Å²) in [5.74, 6) is 1.10. The molecule has 1 aliphatic heterocycles. The van der Waals surface area contributed by atoms with E-state index < -0.39 is 10.0 Å². The van der Waals surface area contributed by atoms with Crippen molar-refractivity contribution in [3.8, 4) is 0 Å². The summed E-state index contributed by atoms with van der Waals surface area (Å²) in [6, 6.07) is -0.0997. The van der Waals surface area contributed by atoms with Gasteiger partial charge in [0.25, 0.3) is 10.0 Å². The van der Waals surface area contributed by atoms with Crippen molar-refractivity contribution in [1.82, 2.24) is 13.9 Å². The average molecular weight is 300 g/mol. The molecule has 7 heteroatoms. The summed E-state index contributed by atoms with van der Waals surface area (Å²) in [6.07, 6.45) is 3.38. The van der Waals surface area contributed by atoms with E-state index in [-0.39, 0.29) is 11.1 Å². The SMILES string of the molecule is CCCn1cc(S(=O)(=O)N2CCC(C)C(N)C2)nc1C. The predicted molar refractivity (Wildman–Crippen MR) is 77.8 cm³/mol. The normalized spacial score (nSPS) is 25.0. The topological polar surface area (TPSA) is 81.2 Å². The van der Waals surface area contributed by atoms with Crippen molar-refractivity contribution in [2.75, 3.05) is 13.1 Å². The molecule has 1 aromatic rings. The lowest BCUT2D eigenvalue weighted by atomic mass is 9.96. The van der Waals surface area contributed by atoms with Crippen LogP contribution in [0.1, 0.15) is 32.5 Å². The van der Waals surface area contributed by atoms with E-state index in [1.54, 1.807) is 6.20 Å². The van der Waals surface area contributed by atoms with Crippen LogP contribution < -0.4 is 5.73 Å². The van der Waals surface area contributed by atoms with E-state index in [1.807, 2.05) is 11.5 Å². The second-order valence-corrected chi connectivity index (χ2v) is 7.50.